The zero-order valence-electron chi connectivity index (χ0n) is 15.3. The molecule has 1 heterocycles. The lowest BCUT2D eigenvalue weighted by atomic mass is 10.1. The summed E-state index contributed by atoms with van der Waals surface area (Å²) >= 11 is 6.20. The van der Waals surface area contributed by atoms with Crippen molar-refractivity contribution in [3.63, 3.8) is 0 Å². The lowest BCUT2D eigenvalue weighted by Crippen LogP contribution is -2.10. The number of esters is 1. The van der Waals surface area contributed by atoms with E-state index in [-0.39, 0.29) is 11.2 Å². The third-order valence-corrected chi connectivity index (χ3v) is 4.78. The van der Waals surface area contributed by atoms with Crippen molar-refractivity contribution < 1.29 is 18.7 Å². The number of para-hydroxylation sites is 1. The monoisotopic (exact) mass is 406 g/mol. The minimum atomic E-state index is -0.572. The number of ether oxygens (including phenoxy) is 2. The molecule has 3 aromatic carbocycles. The van der Waals surface area contributed by atoms with E-state index in [1.807, 2.05) is 0 Å². The van der Waals surface area contributed by atoms with Crippen LogP contribution in [-0.2, 0) is 0 Å². The van der Waals surface area contributed by atoms with Crippen LogP contribution in [0, 0.1) is 0 Å². The van der Waals surface area contributed by atoms with Crippen LogP contribution in [0.15, 0.2) is 82.2 Å². The Morgan fingerprint density at radius 3 is 2.52 bits per heavy atom. The Balaban J connectivity index is 1.69. The van der Waals surface area contributed by atoms with Gasteiger partial charge in [-0.15, -0.1) is 0 Å². The van der Waals surface area contributed by atoms with Gasteiger partial charge >= 0.3 is 5.97 Å². The molecular weight excluding hydrogens is 392 g/mol. The normalized spacial score (nSPS) is 10.7. The second-order valence-corrected chi connectivity index (χ2v) is 6.61. The van der Waals surface area contributed by atoms with Crippen LogP contribution in [-0.4, -0.2) is 13.1 Å². The maximum absolute atomic E-state index is 12.9. The molecule has 0 atom stereocenters. The number of halogens is 1. The quantitative estimate of drug-likeness (QED) is 0.338. The van der Waals surface area contributed by atoms with Crippen molar-refractivity contribution >= 4 is 28.5 Å². The molecule has 0 aliphatic carbocycles. The average Bonchev–Trinajstić information content (AvgIpc) is 2.74. The number of carbonyl (C=O) groups excluding carboxylic acids is 1. The van der Waals surface area contributed by atoms with E-state index < -0.39 is 5.97 Å². The van der Waals surface area contributed by atoms with Crippen LogP contribution in [0.2, 0.25) is 5.02 Å². The Morgan fingerprint density at radius 2 is 1.72 bits per heavy atom. The zero-order chi connectivity index (χ0) is 20.4. The summed E-state index contributed by atoms with van der Waals surface area (Å²) in [5.41, 5.74) is 1.34. The molecule has 0 saturated carbocycles. The lowest BCUT2D eigenvalue weighted by Gasteiger charge is -2.09. The Morgan fingerprint density at radius 1 is 0.966 bits per heavy atom. The second kappa shape index (κ2) is 7.81. The molecule has 1 aromatic heterocycles. The van der Waals surface area contributed by atoms with Gasteiger partial charge in [0.2, 0.25) is 5.43 Å². The number of carbonyl (C=O) groups is 1. The van der Waals surface area contributed by atoms with Gasteiger partial charge in [0.05, 0.1) is 18.1 Å². The maximum atomic E-state index is 12.9. The van der Waals surface area contributed by atoms with Crippen molar-refractivity contribution in [1.29, 1.82) is 0 Å². The van der Waals surface area contributed by atoms with E-state index >= 15 is 0 Å². The van der Waals surface area contributed by atoms with E-state index in [4.69, 9.17) is 25.5 Å². The van der Waals surface area contributed by atoms with Crippen LogP contribution in [0.25, 0.3) is 22.1 Å². The van der Waals surface area contributed by atoms with Crippen LogP contribution < -0.4 is 14.9 Å². The minimum absolute atomic E-state index is 0.220. The van der Waals surface area contributed by atoms with E-state index in [0.29, 0.717) is 38.4 Å². The van der Waals surface area contributed by atoms with Gasteiger partial charge in [0.1, 0.15) is 28.9 Å². The van der Waals surface area contributed by atoms with Crippen LogP contribution in [0.5, 0.6) is 11.5 Å². The molecule has 0 radical (unpaired) electrons. The molecule has 0 unspecified atom stereocenters. The fourth-order valence-corrected chi connectivity index (χ4v) is 3.25. The molecule has 0 aliphatic rings. The molecule has 4 rings (SSSR count). The van der Waals surface area contributed by atoms with Crippen molar-refractivity contribution in [2.75, 3.05) is 7.11 Å². The molecular formula is C23H15ClO5. The number of methoxy groups -OCH3 is 1. The van der Waals surface area contributed by atoms with Gasteiger partial charge in [0, 0.05) is 16.7 Å². The summed E-state index contributed by atoms with van der Waals surface area (Å²) in [5, 5.41) is 0.820. The van der Waals surface area contributed by atoms with Gasteiger partial charge in [-0.2, -0.15) is 0 Å². The van der Waals surface area contributed by atoms with E-state index in [0.717, 1.165) is 0 Å². The van der Waals surface area contributed by atoms with Crippen LogP contribution in [0.3, 0.4) is 0 Å². The highest BCUT2D eigenvalue weighted by molar-refractivity contribution is 6.33. The number of benzene rings is 3. The van der Waals surface area contributed by atoms with Gasteiger partial charge < -0.3 is 13.9 Å². The third-order valence-electron chi connectivity index (χ3n) is 4.45. The molecule has 0 spiro atoms. The van der Waals surface area contributed by atoms with Gasteiger partial charge in [0.15, 0.2) is 0 Å². The fraction of sp³-hybridized carbons (Fsp3) is 0.0435. The summed E-state index contributed by atoms with van der Waals surface area (Å²) in [4.78, 5) is 25.3. The van der Waals surface area contributed by atoms with Gasteiger partial charge in [0.25, 0.3) is 0 Å². The van der Waals surface area contributed by atoms with Gasteiger partial charge in [-0.1, -0.05) is 41.9 Å². The highest BCUT2D eigenvalue weighted by Gasteiger charge is 2.16. The van der Waals surface area contributed by atoms with Crippen molar-refractivity contribution in [3.05, 3.63) is 93.8 Å². The Bertz CT molecular complexity index is 1280. The summed E-state index contributed by atoms with van der Waals surface area (Å²) < 4.78 is 16.2. The summed E-state index contributed by atoms with van der Waals surface area (Å²) in [6.45, 7) is 0. The molecule has 29 heavy (non-hydrogen) atoms. The van der Waals surface area contributed by atoms with Crippen molar-refractivity contribution in [3.8, 4) is 22.6 Å². The summed E-state index contributed by atoms with van der Waals surface area (Å²) in [6.07, 6.45) is 1.36. The smallest absolute Gasteiger partial charge is 0.347 e. The van der Waals surface area contributed by atoms with Crippen molar-refractivity contribution in [1.82, 2.24) is 0 Å². The first-order valence-electron chi connectivity index (χ1n) is 8.74. The Hall–Kier alpha value is -3.57. The van der Waals surface area contributed by atoms with E-state index in [2.05, 4.69) is 0 Å². The second-order valence-electron chi connectivity index (χ2n) is 6.21. The zero-order valence-corrected chi connectivity index (χ0v) is 16.1. The first-order valence-corrected chi connectivity index (χ1v) is 9.12. The van der Waals surface area contributed by atoms with Crippen LogP contribution in [0.4, 0.5) is 0 Å². The maximum Gasteiger partial charge on any atom is 0.347 e. The number of rotatable bonds is 4. The van der Waals surface area contributed by atoms with E-state index in [9.17, 15) is 9.59 Å². The van der Waals surface area contributed by atoms with Crippen molar-refractivity contribution in [2.45, 2.75) is 0 Å². The van der Waals surface area contributed by atoms with Gasteiger partial charge in [-0.3, -0.25) is 4.79 Å². The molecule has 0 saturated heterocycles. The molecule has 4 aromatic rings. The van der Waals surface area contributed by atoms with E-state index in [1.165, 1.54) is 19.4 Å². The summed E-state index contributed by atoms with van der Waals surface area (Å²) in [5.74, 6) is 0.0908. The molecule has 0 amide bonds. The molecule has 0 N–H and O–H groups in total. The van der Waals surface area contributed by atoms with Crippen molar-refractivity contribution in [2.24, 2.45) is 0 Å². The predicted octanol–water partition coefficient (Wildman–Crippen LogP) is 5.34. The molecule has 6 heteroatoms. The van der Waals surface area contributed by atoms with E-state index in [1.54, 1.807) is 60.7 Å². The standard InChI is InChI=1S/C23H15ClO5/c1-27-20-9-5-3-7-17(20)23(26)29-14-10-11-16-21(12-14)28-13-18(22(16)25)15-6-2-4-8-19(15)24/h2-13H,1H3. The molecule has 144 valence electrons. The van der Waals surface area contributed by atoms with Gasteiger partial charge in [-0.25, -0.2) is 4.79 Å². The third kappa shape index (κ3) is 3.60. The van der Waals surface area contributed by atoms with Crippen LogP contribution >= 0.6 is 11.6 Å². The topological polar surface area (TPSA) is 65.7 Å². The SMILES string of the molecule is COc1ccccc1C(=O)Oc1ccc2c(=O)c(-c3ccccc3Cl)coc2c1. The number of fused-ring (bicyclic) bond motifs is 1. The predicted molar refractivity (Wildman–Crippen MR) is 111 cm³/mol. The molecule has 0 aliphatic heterocycles. The summed E-state index contributed by atoms with van der Waals surface area (Å²) in [6, 6.07) is 18.4. The minimum Gasteiger partial charge on any atom is -0.496 e. The molecule has 0 bridgehead atoms. The lowest BCUT2D eigenvalue weighted by molar-refractivity contribution is 0.0731. The first-order chi connectivity index (χ1) is 14.1. The molecule has 5 nitrogen and oxygen atoms in total. The first kappa shape index (κ1) is 18.8. The fourth-order valence-electron chi connectivity index (χ4n) is 3.01. The number of hydrogen-bond acceptors (Lipinski definition) is 5. The average molecular weight is 407 g/mol. The van der Waals surface area contributed by atoms with Gasteiger partial charge in [-0.05, 0) is 30.3 Å². The molecule has 0 fully saturated rings. The largest absolute Gasteiger partial charge is 0.496 e. The Labute approximate surface area is 171 Å². The van der Waals surface area contributed by atoms with Crippen LogP contribution in [0.1, 0.15) is 10.4 Å². The Kier molecular flexibility index (Phi) is 5.06. The highest BCUT2D eigenvalue weighted by Crippen LogP contribution is 2.28. The highest BCUT2D eigenvalue weighted by atomic mass is 35.5. The summed E-state index contributed by atoms with van der Waals surface area (Å²) in [7, 11) is 1.48. The number of hydrogen-bond donors (Lipinski definition) is 0.